The molecular formula is C19H28N2O4. The van der Waals surface area contributed by atoms with Crippen LogP contribution in [-0.2, 0) is 14.4 Å². The van der Waals surface area contributed by atoms with E-state index in [1.165, 1.54) is 0 Å². The number of hydrogen-bond acceptors (Lipinski definition) is 3. The molecule has 0 bridgehead atoms. The molecule has 2 aliphatic heterocycles. The fourth-order valence-electron chi connectivity index (χ4n) is 4.14. The molecule has 0 radical (unpaired) electrons. The van der Waals surface area contributed by atoms with E-state index < -0.39 is 17.6 Å². The molecule has 0 unspecified atom stereocenters. The minimum atomic E-state index is -1.18. The van der Waals surface area contributed by atoms with Crippen LogP contribution >= 0.6 is 0 Å². The summed E-state index contributed by atoms with van der Waals surface area (Å²) in [6, 6.07) is -0.522. The molecule has 0 aromatic heterocycles. The first kappa shape index (κ1) is 18.0. The average Bonchev–Trinajstić information content (AvgIpc) is 3.03. The van der Waals surface area contributed by atoms with Crippen LogP contribution in [0.15, 0.2) is 12.2 Å². The molecule has 3 rings (SSSR count). The van der Waals surface area contributed by atoms with Gasteiger partial charge in [-0.3, -0.25) is 9.59 Å². The number of nitrogens with one attached hydrogen (secondary N) is 1. The number of rotatable bonds is 1. The fraction of sp³-hybridized carbons (Fsp3) is 0.737. The Balaban J connectivity index is 1.79. The molecule has 6 heteroatoms. The molecule has 4 atom stereocenters. The summed E-state index contributed by atoms with van der Waals surface area (Å²) in [5.41, 5.74) is -1.18. The molecule has 2 N–H and O–H groups in total. The third-order valence-corrected chi connectivity index (χ3v) is 5.83. The molecule has 3 aliphatic rings. The van der Waals surface area contributed by atoms with Gasteiger partial charge < -0.3 is 15.3 Å². The van der Waals surface area contributed by atoms with Crippen molar-refractivity contribution in [2.45, 2.75) is 69.9 Å². The smallest absolute Gasteiger partial charge is 0.330 e. The maximum atomic E-state index is 12.7. The van der Waals surface area contributed by atoms with Crippen LogP contribution in [0.5, 0.6) is 0 Å². The maximum absolute atomic E-state index is 12.7. The Morgan fingerprint density at radius 2 is 2.08 bits per heavy atom. The van der Waals surface area contributed by atoms with Crippen LogP contribution in [0.1, 0.15) is 58.3 Å². The van der Waals surface area contributed by atoms with E-state index in [4.69, 9.17) is 0 Å². The van der Waals surface area contributed by atoms with Gasteiger partial charge in [0.1, 0.15) is 11.6 Å². The highest BCUT2D eigenvalue weighted by Crippen LogP contribution is 2.45. The molecule has 6 nitrogen and oxygen atoms in total. The van der Waals surface area contributed by atoms with Gasteiger partial charge in [-0.25, -0.2) is 4.79 Å². The van der Waals surface area contributed by atoms with Gasteiger partial charge in [0.25, 0.3) is 0 Å². The molecule has 1 saturated heterocycles. The van der Waals surface area contributed by atoms with Crippen molar-refractivity contribution in [3.05, 3.63) is 12.2 Å². The quantitative estimate of drug-likeness (QED) is 0.711. The normalized spacial score (nSPS) is 38.0. The lowest BCUT2D eigenvalue weighted by Gasteiger charge is -2.27. The summed E-state index contributed by atoms with van der Waals surface area (Å²) in [7, 11) is 0. The van der Waals surface area contributed by atoms with Crippen molar-refractivity contribution in [2.24, 2.45) is 11.8 Å². The maximum Gasteiger partial charge on any atom is 0.330 e. The number of fused-ring (bicyclic) bond motifs is 2. The highest BCUT2D eigenvalue weighted by atomic mass is 16.4. The van der Waals surface area contributed by atoms with Crippen molar-refractivity contribution in [1.29, 1.82) is 0 Å². The lowest BCUT2D eigenvalue weighted by atomic mass is 9.99. The van der Waals surface area contributed by atoms with E-state index in [0.29, 0.717) is 31.7 Å². The number of carbonyl (C=O) groups excluding carboxylic acids is 2. The van der Waals surface area contributed by atoms with E-state index in [0.717, 1.165) is 32.1 Å². The lowest BCUT2D eigenvalue weighted by molar-refractivity contribution is -0.145. The Bertz CT molecular complexity index is 588. The molecule has 0 aromatic carbocycles. The predicted octanol–water partition coefficient (Wildman–Crippen LogP) is 2.09. The number of carboxylic acid groups (broad SMARTS) is 1. The summed E-state index contributed by atoms with van der Waals surface area (Å²) in [6.45, 7) is 2.68. The van der Waals surface area contributed by atoms with E-state index in [1.54, 1.807) is 4.90 Å². The van der Waals surface area contributed by atoms with Crippen molar-refractivity contribution in [3.8, 4) is 0 Å². The largest absolute Gasteiger partial charge is 0.479 e. The van der Waals surface area contributed by atoms with Gasteiger partial charge in [0.05, 0.1) is 0 Å². The van der Waals surface area contributed by atoms with E-state index >= 15 is 0 Å². The van der Waals surface area contributed by atoms with Crippen LogP contribution < -0.4 is 5.32 Å². The first-order chi connectivity index (χ1) is 11.9. The number of allylic oxidation sites excluding steroid dienone is 1. The van der Waals surface area contributed by atoms with Crippen molar-refractivity contribution in [1.82, 2.24) is 10.2 Å². The Morgan fingerprint density at radius 3 is 2.84 bits per heavy atom. The fourth-order valence-corrected chi connectivity index (χ4v) is 4.14. The van der Waals surface area contributed by atoms with Gasteiger partial charge in [-0.05, 0) is 38.0 Å². The molecule has 1 aliphatic carbocycles. The van der Waals surface area contributed by atoms with E-state index in [2.05, 4.69) is 12.2 Å². The number of carboxylic acids is 1. The molecule has 1 saturated carbocycles. The summed E-state index contributed by atoms with van der Waals surface area (Å²) in [5.74, 6) is -1.11. The van der Waals surface area contributed by atoms with Crippen molar-refractivity contribution in [3.63, 3.8) is 0 Å². The zero-order valence-corrected chi connectivity index (χ0v) is 14.9. The van der Waals surface area contributed by atoms with Crippen LogP contribution in [0.3, 0.4) is 0 Å². The van der Waals surface area contributed by atoms with Gasteiger partial charge in [0, 0.05) is 18.9 Å². The molecule has 2 amide bonds. The predicted molar refractivity (Wildman–Crippen MR) is 92.7 cm³/mol. The van der Waals surface area contributed by atoms with Crippen LogP contribution in [0.2, 0.25) is 0 Å². The second-order valence-corrected chi connectivity index (χ2v) is 7.84. The summed E-state index contributed by atoms with van der Waals surface area (Å²) in [4.78, 5) is 38.7. The Morgan fingerprint density at radius 1 is 1.28 bits per heavy atom. The number of carbonyl (C=O) groups is 3. The monoisotopic (exact) mass is 348 g/mol. The van der Waals surface area contributed by atoms with Crippen molar-refractivity contribution >= 4 is 17.8 Å². The third kappa shape index (κ3) is 3.72. The van der Waals surface area contributed by atoms with E-state index in [9.17, 15) is 19.5 Å². The van der Waals surface area contributed by atoms with Crippen LogP contribution in [0.4, 0.5) is 0 Å². The van der Waals surface area contributed by atoms with Gasteiger partial charge in [0.2, 0.25) is 11.8 Å². The standard InChI is InChI=1S/C19H28N2O4/c1-13-7-4-2-3-5-8-14-12-19(14,18(24)25)20-17(23)15-9-6-10-21(15)16(22)11-13/h5,8,13-15H,2-4,6-7,9-12H2,1H3,(H,20,23)(H,24,25)/b8-5-/t13-,14-,15+,19-/m1/s1. The van der Waals surface area contributed by atoms with E-state index in [1.807, 2.05) is 12.2 Å². The number of amides is 2. The molecule has 138 valence electrons. The molecule has 0 aromatic rings. The topological polar surface area (TPSA) is 86.7 Å². The minimum absolute atomic E-state index is 0.0230. The summed E-state index contributed by atoms with van der Waals surface area (Å²) in [6.07, 6.45) is 10.3. The SMILES string of the molecule is C[C@@H]1CCCC/C=C\[C@@H]2C[C@@]2(C(=O)O)NC(=O)[C@@H]2CCCN2C(=O)C1. The highest BCUT2D eigenvalue weighted by Gasteiger charge is 2.61. The van der Waals surface area contributed by atoms with Gasteiger partial charge in [-0.2, -0.15) is 0 Å². The lowest BCUT2D eigenvalue weighted by Crippen LogP contribution is -2.53. The Labute approximate surface area is 148 Å². The molecule has 2 heterocycles. The zero-order chi connectivity index (χ0) is 18.0. The molecule has 0 spiro atoms. The summed E-state index contributed by atoms with van der Waals surface area (Å²) in [5, 5.41) is 12.4. The van der Waals surface area contributed by atoms with Gasteiger partial charge in [0.15, 0.2) is 0 Å². The van der Waals surface area contributed by atoms with Crippen molar-refractivity contribution < 1.29 is 19.5 Å². The second-order valence-electron chi connectivity index (χ2n) is 7.84. The van der Waals surface area contributed by atoms with Crippen molar-refractivity contribution in [2.75, 3.05) is 6.54 Å². The molecule has 25 heavy (non-hydrogen) atoms. The number of aliphatic carboxylic acids is 1. The molecule has 2 fully saturated rings. The third-order valence-electron chi connectivity index (χ3n) is 5.83. The van der Waals surface area contributed by atoms with Crippen LogP contribution in [0.25, 0.3) is 0 Å². The summed E-state index contributed by atoms with van der Waals surface area (Å²) >= 11 is 0. The first-order valence-corrected chi connectivity index (χ1v) is 9.45. The van der Waals surface area contributed by atoms with Crippen LogP contribution in [-0.4, -0.2) is 45.9 Å². The zero-order valence-electron chi connectivity index (χ0n) is 14.9. The Hall–Kier alpha value is -1.85. The number of nitrogens with zero attached hydrogens (tertiary/aromatic N) is 1. The van der Waals surface area contributed by atoms with Gasteiger partial charge in [-0.1, -0.05) is 31.9 Å². The average molecular weight is 348 g/mol. The van der Waals surface area contributed by atoms with Crippen LogP contribution in [0, 0.1) is 11.8 Å². The second kappa shape index (κ2) is 7.18. The molecular weight excluding hydrogens is 320 g/mol. The van der Waals surface area contributed by atoms with Gasteiger partial charge >= 0.3 is 5.97 Å². The van der Waals surface area contributed by atoms with E-state index in [-0.39, 0.29) is 17.7 Å². The number of hydrogen-bond donors (Lipinski definition) is 2. The first-order valence-electron chi connectivity index (χ1n) is 9.45. The highest BCUT2D eigenvalue weighted by molar-refractivity contribution is 5.94. The minimum Gasteiger partial charge on any atom is -0.479 e. The summed E-state index contributed by atoms with van der Waals surface area (Å²) < 4.78 is 0. The van der Waals surface area contributed by atoms with Gasteiger partial charge in [-0.15, -0.1) is 0 Å². The Kier molecular flexibility index (Phi) is 5.16.